The first-order valence-corrected chi connectivity index (χ1v) is 8.85. The van der Waals surface area contributed by atoms with Gasteiger partial charge in [-0.1, -0.05) is 12.1 Å². The largest absolute Gasteiger partial charge is 0.349 e. The summed E-state index contributed by atoms with van der Waals surface area (Å²) in [6.45, 7) is 0. The minimum atomic E-state index is -3.81. The second kappa shape index (κ2) is 6.04. The maximum Gasteiger partial charge on any atom is 0.349 e. The monoisotopic (exact) mass is 369 g/mol. The number of hydrogen-bond acceptors (Lipinski definition) is 7. The van der Waals surface area contributed by atoms with Crippen molar-refractivity contribution >= 4 is 21.6 Å². The van der Waals surface area contributed by atoms with Crippen LogP contribution in [0.5, 0.6) is 0 Å². The molecule has 0 fully saturated rings. The first-order chi connectivity index (χ1) is 12.5. The van der Waals surface area contributed by atoms with E-state index in [-0.39, 0.29) is 10.8 Å². The van der Waals surface area contributed by atoms with E-state index in [2.05, 4.69) is 29.8 Å². The fourth-order valence-corrected chi connectivity index (χ4v) is 3.33. The molecule has 0 saturated carbocycles. The molecule has 10 nitrogen and oxygen atoms in total. The Kier molecular flexibility index (Phi) is 3.69. The Hall–Kier alpha value is -3.60. The number of aromatic nitrogens is 6. The summed E-state index contributed by atoms with van der Waals surface area (Å²) in [5.74, 6) is -0.0115. The van der Waals surface area contributed by atoms with Crippen molar-refractivity contribution in [2.75, 3.05) is 4.72 Å². The fraction of sp³-hybridized carbons (Fsp3) is 0. The van der Waals surface area contributed by atoms with Crippen LogP contribution in [0.4, 0.5) is 5.95 Å². The predicted molar refractivity (Wildman–Crippen MR) is 91.9 cm³/mol. The smallest absolute Gasteiger partial charge is 0.296 e. The molecule has 2 N–H and O–H groups in total. The zero-order valence-electron chi connectivity index (χ0n) is 13.1. The molecule has 4 aromatic rings. The zero-order chi connectivity index (χ0) is 18.1. The van der Waals surface area contributed by atoms with E-state index in [0.717, 1.165) is 4.52 Å². The van der Waals surface area contributed by atoms with Crippen LogP contribution in [-0.2, 0) is 10.0 Å². The summed E-state index contributed by atoms with van der Waals surface area (Å²) in [4.78, 5) is 25.9. The van der Waals surface area contributed by atoms with Crippen molar-refractivity contribution in [3.8, 4) is 11.1 Å². The van der Waals surface area contributed by atoms with Crippen molar-refractivity contribution in [1.82, 2.24) is 29.5 Å². The molecule has 0 bridgehead atoms. The molecule has 0 atom stereocenters. The summed E-state index contributed by atoms with van der Waals surface area (Å²) in [6.07, 6.45) is 5.66. The number of nitrogens with one attached hydrogen (secondary N) is 2. The first-order valence-electron chi connectivity index (χ1n) is 7.36. The third-order valence-electron chi connectivity index (χ3n) is 3.58. The minimum Gasteiger partial charge on any atom is -0.296 e. The minimum absolute atomic E-state index is 0.0115. The number of benzene rings is 1. The van der Waals surface area contributed by atoms with Gasteiger partial charge in [-0.2, -0.15) is 9.61 Å². The van der Waals surface area contributed by atoms with Crippen LogP contribution in [0.2, 0.25) is 0 Å². The Morgan fingerprint density at radius 1 is 1.04 bits per heavy atom. The predicted octanol–water partition coefficient (Wildman–Crippen LogP) is 0.675. The molecule has 3 heterocycles. The topological polar surface area (TPSA) is 135 Å². The molecule has 0 amide bonds. The van der Waals surface area contributed by atoms with Crippen LogP contribution in [0.15, 0.2) is 64.9 Å². The quantitative estimate of drug-likeness (QED) is 0.540. The number of aromatic amines is 1. The average molecular weight is 369 g/mol. The number of H-pyrrole nitrogens is 1. The summed E-state index contributed by atoms with van der Waals surface area (Å²) in [5, 5.41) is 3.98. The molecule has 0 radical (unpaired) electrons. The summed E-state index contributed by atoms with van der Waals surface area (Å²) in [7, 11) is -3.81. The van der Waals surface area contributed by atoms with Crippen molar-refractivity contribution in [1.29, 1.82) is 0 Å². The van der Waals surface area contributed by atoms with Crippen molar-refractivity contribution in [3.63, 3.8) is 0 Å². The highest BCUT2D eigenvalue weighted by Crippen LogP contribution is 2.24. The summed E-state index contributed by atoms with van der Waals surface area (Å²) >= 11 is 0. The fourth-order valence-electron chi connectivity index (χ4n) is 2.37. The van der Waals surface area contributed by atoms with E-state index >= 15 is 0 Å². The van der Waals surface area contributed by atoms with Gasteiger partial charge in [-0.05, 0) is 23.8 Å². The molecule has 3 aromatic heterocycles. The van der Waals surface area contributed by atoms with Gasteiger partial charge in [-0.25, -0.2) is 32.9 Å². The average Bonchev–Trinajstić information content (AvgIpc) is 3.08. The lowest BCUT2D eigenvalue weighted by atomic mass is 10.1. The number of fused-ring (bicyclic) bond motifs is 1. The number of anilines is 1. The second-order valence-corrected chi connectivity index (χ2v) is 6.89. The SMILES string of the molecule is O=c1[nH]cnc2c(-c3ccc(S(=O)(=O)Nc4ncccn4)cc3)cnn12. The highest BCUT2D eigenvalue weighted by Gasteiger charge is 2.16. The number of hydrogen-bond donors (Lipinski definition) is 2. The van der Waals surface area contributed by atoms with Crippen LogP contribution in [0.3, 0.4) is 0 Å². The highest BCUT2D eigenvalue weighted by molar-refractivity contribution is 7.92. The summed E-state index contributed by atoms with van der Waals surface area (Å²) in [5.41, 5.74) is 1.25. The van der Waals surface area contributed by atoms with Gasteiger partial charge in [-0.3, -0.25) is 4.98 Å². The molecule has 0 aliphatic carbocycles. The van der Waals surface area contributed by atoms with Crippen LogP contribution >= 0.6 is 0 Å². The lowest BCUT2D eigenvalue weighted by molar-refractivity contribution is 0.601. The lowest BCUT2D eigenvalue weighted by Gasteiger charge is -2.07. The molecule has 0 aliphatic heterocycles. The normalized spacial score (nSPS) is 11.5. The van der Waals surface area contributed by atoms with E-state index in [1.165, 1.54) is 37.1 Å². The van der Waals surface area contributed by atoms with E-state index < -0.39 is 15.7 Å². The highest BCUT2D eigenvalue weighted by atomic mass is 32.2. The van der Waals surface area contributed by atoms with Gasteiger partial charge in [0.2, 0.25) is 5.95 Å². The third kappa shape index (κ3) is 2.80. The molecule has 0 saturated heterocycles. The van der Waals surface area contributed by atoms with Gasteiger partial charge in [0.1, 0.15) is 0 Å². The van der Waals surface area contributed by atoms with Crippen LogP contribution in [0.1, 0.15) is 0 Å². The van der Waals surface area contributed by atoms with Crippen molar-refractivity contribution in [2.24, 2.45) is 0 Å². The van der Waals surface area contributed by atoms with E-state index in [4.69, 9.17) is 0 Å². The standard InChI is InChI=1S/C15H11N7O3S/c23-15-19-9-18-13-12(8-20-22(13)15)10-2-4-11(5-3-10)26(24,25)21-14-16-6-1-7-17-14/h1-9H,(H,16,17,21)(H,18,19,23). The Balaban J connectivity index is 1.68. The van der Waals surface area contributed by atoms with Crippen molar-refractivity contribution in [3.05, 3.63) is 65.7 Å². The first kappa shape index (κ1) is 15.9. The maximum absolute atomic E-state index is 12.4. The van der Waals surface area contributed by atoms with E-state index in [1.54, 1.807) is 18.2 Å². The summed E-state index contributed by atoms with van der Waals surface area (Å²) in [6, 6.07) is 7.69. The molecular weight excluding hydrogens is 358 g/mol. The van der Waals surface area contributed by atoms with Gasteiger partial charge < -0.3 is 0 Å². The zero-order valence-corrected chi connectivity index (χ0v) is 13.9. The number of rotatable bonds is 4. The van der Waals surface area contributed by atoms with Crippen LogP contribution in [0, 0.1) is 0 Å². The molecule has 4 rings (SSSR count). The van der Waals surface area contributed by atoms with Gasteiger partial charge in [0.25, 0.3) is 10.0 Å². The Morgan fingerprint density at radius 3 is 2.50 bits per heavy atom. The number of sulfonamides is 1. The Labute approximate surface area is 146 Å². The van der Waals surface area contributed by atoms with Crippen LogP contribution in [-0.4, -0.2) is 38.0 Å². The Morgan fingerprint density at radius 2 is 1.77 bits per heavy atom. The molecule has 0 spiro atoms. The molecule has 11 heteroatoms. The molecule has 130 valence electrons. The Bertz CT molecular complexity index is 1230. The van der Waals surface area contributed by atoms with E-state index in [9.17, 15) is 13.2 Å². The van der Waals surface area contributed by atoms with Gasteiger partial charge in [0.05, 0.1) is 17.4 Å². The van der Waals surface area contributed by atoms with Crippen LogP contribution < -0.4 is 10.4 Å². The number of nitrogens with zero attached hydrogens (tertiary/aromatic N) is 5. The van der Waals surface area contributed by atoms with Gasteiger partial charge in [0.15, 0.2) is 5.65 Å². The van der Waals surface area contributed by atoms with Gasteiger partial charge >= 0.3 is 5.69 Å². The van der Waals surface area contributed by atoms with Crippen molar-refractivity contribution in [2.45, 2.75) is 4.90 Å². The molecule has 0 aliphatic rings. The van der Waals surface area contributed by atoms with Crippen LogP contribution in [0.25, 0.3) is 16.8 Å². The second-order valence-electron chi connectivity index (χ2n) is 5.20. The molecule has 1 aromatic carbocycles. The maximum atomic E-state index is 12.4. The molecule has 26 heavy (non-hydrogen) atoms. The van der Waals surface area contributed by atoms with Gasteiger partial charge in [0, 0.05) is 18.0 Å². The van der Waals surface area contributed by atoms with Gasteiger partial charge in [-0.15, -0.1) is 0 Å². The lowest BCUT2D eigenvalue weighted by Crippen LogP contribution is -2.17. The van der Waals surface area contributed by atoms with E-state index in [0.29, 0.717) is 16.8 Å². The molecular formula is C15H11N7O3S. The third-order valence-corrected chi connectivity index (χ3v) is 4.92. The van der Waals surface area contributed by atoms with E-state index in [1.807, 2.05) is 0 Å². The summed E-state index contributed by atoms with van der Waals surface area (Å²) < 4.78 is 28.2. The van der Waals surface area contributed by atoms with Crippen molar-refractivity contribution < 1.29 is 8.42 Å². The molecule has 0 unspecified atom stereocenters.